The van der Waals surface area contributed by atoms with Gasteiger partial charge in [0.2, 0.25) is 0 Å². The fourth-order valence-corrected chi connectivity index (χ4v) is 4.08. The largest absolute Gasteiger partial charge is 0.347 e. The number of pyridine rings is 2. The molecule has 3 fully saturated rings. The van der Waals surface area contributed by atoms with E-state index >= 15 is 0 Å². The predicted octanol–water partition coefficient (Wildman–Crippen LogP) is 3.23. The molecule has 5 nitrogen and oxygen atoms in total. The standard InChI is InChI=1S/C17H15BrClN5/c18-12-1-2-13(21-7-12)8-23-9-14-4-15(10-23)24(14)17-16(19)3-11(5-20)6-22-17/h1-3,6-7,14-15H,4,8-10H2. The molecule has 2 aromatic rings. The van der Waals surface area contributed by atoms with E-state index in [4.69, 9.17) is 16.9 Å². The van der Waals surface area contributed by atoms with Crippen LogP contribution in [0.1, 0.15) is 17.7 Å². The van der Waals surface area contributed by atoms with Crippen molar-refractivity contribution < 1.29 is 0 Å². The fourth-order valence-electron chi connectivity index (χ4n) is 3.58. The van der Waals surface area contributed by atoms with Crippen molar-refractivity contribution >= 4 is 33.3 Å². The Bertz CT molecular complexity index is 792. The average Bonchev–Trinajstić information content (AvgIpc) is 2.58. The van der Waals surface area contributed by atoms with Gasteiger partial charge in [-0.1, -0.05) is 11.6 Å². The first-order chi connectivity index (χ1) is 11.6. The molecule has 0 spiro atoms. The van der Waals surface area contributed by atoms with Crippen molar-refractivity contribution in [1.82, 2.24) is 14.9 Å². The number of nitrogens with zero attached hydrogens (tertiary/aromatic N) is 5. The molecule has 24 heavy (non-hydrogen) atoms. The highest BCUT2D eigenvalue weighted by molar-refractivity contribution is 9.10. The van der Waals surface area contributed by atoms with E-state index in [1.54, 1.807) is 12.3 Å². The minimum Gasteiger partial charge on any atom is -0.347 e. The summed E-state index contributed by atoms with van der Waals surface area (Å²) in [5, 5.41) is 9.50. The zero-order valence-electron chi connectivity index (χ0n) is 12.9. The summed E-state index contributed by atoms with van der Waals surface area (Å²) in [6.07, 6.45) is 4.60. The summed E-state index contributed by atoms with van der Waals surface area (Å²) in [7, 11) is 0. The van der Waals surface area contributed by atoms with Crippen molar-refractivity contribution in [3.05, 3.63) is 51.3 Å². The number of piperidine rings is 1. The molecular formula is C17H15BrClN5. The van der Waals surface area contributed by atoms with Crippen LogP contribution in [0, 0.1) is 11.3 Å². The summed E-state index contributed by atoms with van der Waals surface area (Å²) >= 11 is 9.74. The molecule has 3 saturated heterocycles. The van der Waals surface area contributed by atoms with Gasteiger partial charge in [0.1, 0.15) is 11.9 Å². The molecule has 0 aromatic carbocycles. The second-order valence-corrected chi connectivity index (χ2v) is 7.58. The fraction of sp³-hybridized carbons (Fsp3) is 0.353. The Morgan fingerprint density at radius 3 is 2.67 bits per heavy atom. The number of rotatable bonds is 3. The van der Waals surface area contributed by atoms with Crippen molar-refractivity contribution in [2.45, 2.75) is 25.0 Å². The van der Waals surface area contributed by atoms with Gasteiger partial charge in [-0.25, -0.2) is 4.98 Å². The summed E-state index contributed by atoms with van der Waals surface area (Å²) in [5.74, 6) is 0.804. The maximum Gasteiger partial charge on any atom is 0.148 e. The lowest BCUT2D eigenvalue weighted by atomic mass is 9.87. The molecule has 7 heteroatoms. The van der Waals surface area contributed by atoms with Gasteiger partial charge in [-0.2, -0.15) is 5.26 Å². The van der Waals surface area contributed by atoms with Crippen LogP contribution in [-0.4, -0.2) is 40.0 Å². The van der Waals surface area contributed by atoms with Gasteiger partial charge in [0.05, 0.1) is 16.3 Å². The van der Waals surface area contributed by atoms with Crippen LogP contribution in [0.25, 0.3) is 0 Å². The van der Waals surface area contributed by atoms with Gasteiger partial charge < -0.3 is 4.90 Å². The van der Waals surface area contributed by atoms with E-state index in [1.165, 1.54) is 6.42 Å². The first-order valence-electron chi connectivity index (χ1n) is 7.81. The number of hydrogen-bond acceptors (Lipinski definition) is 5. The molecular weight excluding hydrogens is 390 g/mol. The Hall–Kier alpha value is -1.68. The van der Waals surface area contributed by atoms with Crippen LogP contribution in [0.3, 0.4) is 0 Å². The van der Waals surface area contributed by atoms with Crippen LogP contribution < -0.4 is 4.90 Å². The number of halogens is 2. The Labute approximate surface area is 154 Å². The van der Waals surface area contributed by atoms with Gasteiger partial charge in [0.25, 0.3) is 0 Å². The molecule has 3 aliphatic heterocycles. The van der Waals surface area contributed by atoms with E-state index < -0.39 is 0 Å². The Balaban J connectivity index is 1.45. The SMILES string of the molecule is N#Cc1cnc(N2C3CC2CN(Cc2ccc(Br)cn2)C3)c(Cl)c1. The number of nitriles is 1. The maximum absolute atomic E-state index is 8.94. The summed E-state index contributed by atoms with van der Waals surface area (Å²) in [5.41, 5.74) is 1.58. The van der Waals surface area contributed by atoms with Crippen LogP contribution in [0.5, 0.6) is 0 Å². The Kier molecular flexibility index (Phi) is 4.17. The van der Waals surface area contributed by atoms with Crippen molar-refractivity contribution in [3.8, 4) is 6.07 Å². The van der Waals surface area contributed by atoms with Crippen LogP contribution in [0.15, 0.2) is 35.1 Å². The van der Waals surface area contributed by atoms with E-state index in [9.17, 15) is 0 Å². The first-order valence-corrected chi connectivity index (χ1v) is 8.98. The average molecular weight is 405 g/mol. The quantitative estimate of drug-likeness (QED) is 0.786. The molecule has 5 heterocycles. The molecule has 0 N–H and O–H groups in total. The topological polar surface area (TPSA) is 56.1 Å². The molecule has 0 saturated carbocycles. The molecule has 5 rings (SSSR count). The minimum absolute atomic E-state index is 0.428. The number of aromatic nitrogens is 2. The predicted molar refractivity (Wildman–Crippen MR) is 95.8 cm³/mol. The van der Waals surface area contributed by atoms with E-state index in [1.807, 2.05) is 12.3 Å². The van der Waals surface area contributed by atoms with Gasteiger partial charge in [-0.15, -0.1) is 0 Å². The molecule has 122 valence electrons. The highest BCUT2D eigenvalue weighted by atomic mass is 79.9. The molecule has 3 aliphatic rings. The normalized spacial score (nSPS) is 22.8. The third-order valence-corrected chi connectivity index (χ3v) is 5.39. The van der Waals surface area contributed by atoms with E-state index in [0.29, 0.717) is 22.7 Å². The van der Waals surface area contributed by atoms with Crippen LogP contribution in [0.4, 0.5) is 5.82 Å². The molecule has 2 atom stereocenters. The Morgan fingerprint density at radius 2 is 2.04 bits per heavy atom. The van der Waals surface area contributed by atoms with Crippen LogP contribution >= 0.6 is 27.5 Å². The molecule has 2 unspecified atom stereocenters. The Morgan fingerprint density at radius 1 is 1.25 bits per heavy atom. The molecule has 0 amide bonds. The third kappa shape index (κ3) is 2.88. The monoisotopic (exact) mass is 403 g/mol. The minimum atomic E-state index is 0.428. The van der Waals surface area contributed by atoms with Gasteiger partial charge >= 0.3 is 0 Å². The summed E-state index contributed by atoms with van der Waals surface area (Å²) in [6, 6.07) is 8.71. The summed E-state index contributed by atoms with van der Waals surface area (Å²) < 4.78 is 1.00. The smallest absolute Gasteiger partial charge is 0.148 e. The van der Waals surface area contributed by atoms with Crippen molar-refractivity contribution in [2.24, 2.45) is 0 Å². The van der Waals surface area contributed by atoms with Crippen molar-refractivity contribution in [2.75, 3.05) is 18.0 Å². The molecule has 2 bridgehead atoms. The number of hydrogen-bond donors (Lipinski definition) is 0. The lowest BCUT2D eigenvalue weighted by Gasteiger charge is -2.57. The van der Waals surface area contributed by atoms with E-state index in [2.05, 4.69) is 47.8 Å². The number of anilines is 1. The van der Waals surface area contributed by atoms with Gasteiger partial charge in [0, 0.05) is 48.6 Å². The third-order valence-electron chi connectivity index (χ3n) is 4.64. The highest BCUT2D eigenvalue weighted by Crippen LogP contribution is 2.39. The first kappa shape index (κ1) is 15.8. The lowest BCUT2D eigenvalue weighted by Crippen LogP contribution is -2.69. The summed E-state index contributed by atoms with van der Waals surface area (Å²) in [4.78, 5) is 13.6. The number of fused-ring (bicyclic) bond motifs is 2. The zero-order valence-corrected chi connectivity index (χ0v) is 15.2. The second kappa shape index (κ2) is 6.32. The second-order valence-electron chi connectivity index (χ2n) is 6.25. The molecule has 0 aliphatic carbocycles. The van der Waals surface area contributed by atoms with Crippen molar-refractivity contribution in [1.29, 1.82) is 5.26 Å². The summed E-state index contributed by atoms with van der Waals surface area (Å²) in [6.45, 7) is 2.82. The van der Waals surface area contributed by atoms with Gasteiger partial charge in [-0.05, 0) is 40.5 Å². The van der Waals surface area contributed by atoms with E-state index in [0.717, 1.165) is 35.6 Å². The maximum atomic E-state index is 8.94. The van der Waals surface area contributed by atoms with Crippen LogP contribution in [0.2, 0.25) is 5.02 Å². The van der Waals surface area contributed by atoms with Gasteiger partial charge in [0.15, 0.2) is 0 Å². The van der Waals surface area contributed by atoms with Gasteiger partial charge in [-0.3, -0.25) is 9.88 Å². The van der Waals surface area contributed by atoms with Crippen molar-refractivity contribution in [3.63, 3.8) is 0 Å². The van der Waals surface area contributed by atoms with Crippen LogP contribution in [-0.2, 0) is 6.54 Å². The van der Waals surface area contributed by atoms with E-state index in [-0.39, 0.29) is 0 Å². The molecule has 2 aromatic heterocycles. The lowest BCUT2D eigenvalue weighted by molar-refractivity contribution is 0.106. The number of piperazine rings is 1. The highest BCUT2D eigenvalue weighted by Gasteiger charge is 2.45. The molecule has 0 radical (unpaired) electrons. The zero-order chi connectivity index (χ0) is 16.7.